The van der Waals surface area contributed by atoms with Crippen molar-refractivity contribution in [1.29, 1.82) is 0 Å². The van der Waals surface area contributed by atoms with Crippen LogP contribution in [0.2, 0.25) is 0 Å². The summed E-state index contributed by atoms with van der Waals surface area (Å²) >= 11 is 0. The molecule has 1 aliphatic rings. The minimum atomic E-state index is -3.78. The Kier molecular flexibility index (Phi) is 5.38. The fourth-order valence-electron chi connectivity index (χ4n) is 3.00. The SMILES string of the molecule is O=[N+]([O-])c1ccc(N2CCCN(S(=O)(=O)c3ccc(F)cc3)CC2)c(F)c1. The van der Waals surface area contributed by atoms with Crippen LogP contribution in [0.15, 0.2) is 47.4 Å². The van der Waals surface area contributed by atoms with Gasteiger partial charge in [-0.2, -0.15) is 4.31 Å². The molecule has 0 saturated carbocycles. The topological polar surface area (TPSA) is 83.8 Å². The summed E-state index contributed by atoms with van der Waals surface area (Å²) in [5.74, 6) is -1.25. The van der Waals surface area contributed by atoms with E-state index >= 15 is 0 Å². The van der Waals surface area contributed by atoms with Crippen LogP contribution in [-0.2, 0) is 10.0 Å². The van der Waals surface area contributed by atoms with E-state index in [-0.39, 0.29) is 35.9 Å². The lowest BCUT2D eigenvalue weighted by Gasteiger charge is -2.24. The molecule has 1 fully saturated rings. The summed E-state index contributed by atoms with van der Waals surface area (Å²) in [6.45, 7) is 1.00. The summed E-state index contributed by atoms with van der Waals surface area (Å²) in [5, 5.41) is 10.7. The molecule has 2 aromatic rings. The standard InChI is InChI=1S/C17H17F2N3O4S/c18-13-2-5-15(6-3-13)27(25,26)21-9-1-8-20(10-11-21)17-7-4-14(22(23)24)12-16(17)19/h2-7,12H,1,8-11H2. The van der Waals surface area contributed by atoms with Crippen molar-refractivity contribution in [2.45, 2.75) is 11.3 Å². The van der Waals surface area contributed by atoms with Gasteiger partial charge < -0.3 is 4.90 Å². The molecule has 0 aromatic heterocycles. The molecule has 0 N–H and O–H groups in total. The van der Waals surface area contributed by atoms with E-state index in [1.165, 1.54) is 28.6 Å². The second-order valence-corrected chi connectivity index (χ2v) is 8.03. The quantitative estimate of drug-likeness (QED) is 0.585. The van der Waals surface area contributed by atoms with Gasteiger partial charge in [0.15, 0.2) is 5.82 Å². The molecule has 1 saturated heterocycles. The van der Waals surface area contributed by atoms with Gasteiger partial charge in [0.05, 0.1) is 21.6 Å². The zero-order valence-electron chi connectivity index (χ0n) is 14.2. The first-order chi connectivity index (χ1) is 12.8. The van der Waals surface area contributed by atoms with Crippen molar-refractivity contribution in [3.8, 4) is 0 Å². The highest BCUT2D eigenvalue weighted by Crippen LogP contribution is 2.26. The molecule has 3 rings (SSSR count). The molecule has 0 spiro atoms. The lowest BCUT2D eigenvalue weighted by Crippen LogP contribution is -2.35. The molecule has 0 aliphatic carbocycles. The largest absolute Gasteiger partial charge is 0.368 e. The second kappa shape index (κ2) is 7.57. The maximum absolute atomic E-state index is 14.2. The van der Waals surface area contributed by atoms with E-state index in [1.54, 1.807) is 4.90 Å². The Morgan fingerprint density at radius 3 is 2.30 bits per heavy atom. The predicted molar refractivity (Wildman–Crippen MR) is 95.0 cm³/mol. The Hall–Kier alpha value is -2.59. The van der Waals surface area contributed by atoms with E-state index in [9.17, 15) is 27.3 Å². The third-order valence-electron chi connectivity index (χ3n) is 4.39. The summed E-state index contributed by atoms with van der Waals surface area (Å²) in [6.07, 6.45) is 0.455. The van der Waals surface area contributed by atoms with Crippen molar-refractivity contribution in [1.82, 2.24) is 4.31 Å². The number of sulfonamides is 1. The van der Waals surface area contributed by atoms with Crippen LogP contribution in [0.1, 0.15) is 6.42 Å². The highest BCUT2D eigenvalue weighted by Gasteiger charge is 2.28. The molecule has 144 valence electrons. The van der Waals surface area contributed by atoms with E-state index in [0.29, 0.717) is 13.0 Å². The number of hydrogen-bond acceptors (Lipinski definition) is 5. The summed E-state index contributed by atoms with van der Waals surface area (Å²) in [6, 6.07) is 8.00. The number of nitrogens with zero attached hydrogens (tertiary/aromatic N) is 3. The number of anilines is 1. The van der Waals surface area contributed by atoms with Crippen molar-refractivity contribution in [3.05, 3.63) is 64.2 Å². The number of nitro benzene ring substituents is 1. The van der Waals surface area contributed by atoms with E-state index in [1.807, 2.05) is 0 Å². The molecular weight excluding hydrogens is 380 g/mol. The Balaban J connectivity index is 1.77. The van der Waals surface area contributed by atoms with E-state index in [4.69, 9.17) is 0 Å². The average molecular weight is 397 g/mol. The highest BCUT2D eigenvalue weighted by molar-refractivity contribution is 7.89. The molecule has 10 heteroatoms. The zero-order chi connectivity index (χ0) is 19.6. The molecule has 0 bridgehead atoms. The van der Waals surface area contributed by atoms with E-state index < -0.39 is 26.6 Å². The first-order valence-electron chi connectivity index (χ1n) is 8.23. The van der Waals surface area contributed by atoms with Gasteiger partial charge in [0.1, 0.15) is 5.82 Å². The smallest absolute Gasteiger partial charge is 0.272 e. The predicted octanol–water partition coefficient (Wildman–Crippen LogP) is 2.77. The monoisotopic (exact) mass is 397 g/mol. The Morgan fingerprint density at radius 2 is 1.67 bits per heavy atom. The van der Waals surface area contributed by atoms with Gasteiger partial charge >= 0.3 is 0 Å². The molecule has 27 heavy (non-hydrogen) atoms. The van der Waals surface area contributed by atoms with Gasteiger partial charge in [0.25, 0.3) is 5.69 Å². The fraction of sp³-hybridized carbons (Fsp3) is 0.294. The van der Waals surface area contributed by atoms with Crippen LogP contribution in [0.3, 0.4) is 0 Å². The number of rotatable bonds is 4. The van der Waals surface area contributed by atoms with Gasteiger partial charge in [-0.1, -0.05) is 0 Å². The first kappa shape index (κ1) is 19.2. The second-order valence-electron chi connectivity index (χ2n) is 6.09. The zero-order valence-corrected chi connectivity index (χ0v) is 15.0. The minimum Gasteiger partial charge on any atom is -0.368 e. The Morgan fingerprint density at radius 1 is 0.963 bits per heavy atom. The van der Waals surface area contributed by atoms with Gasteiger partial charge in [0, 0.05) is 32.2 Å². The summed E-state index contributed by atoms with van der Waals surface area (Å²) in [5.41, 5.74) is -0.145. The number of benzene rings is 2. The summed E-state index contributed by atoms with van der Waals surface area (Å²) in [7, 11) is -3.78. The minimum absolute atomic E-state index is 0.00105. The van der Waals surface area contributed by atoms with Gasteiger partial charge in [-0.05, 0) is 36.8 Å². The van der Waals surface area contributed by atoms with Gasteiger partial charge in [-0.15, -0.1) is 0 Å². The van der Waals surface area contributed by atoms with Crippen LogP contribution in [0, 0.1) is 21.7 Å². The van der Waals surface area contributed by atoms with Crippen molar-refractivity contribution in [2.75, 3.05) is 31.1 Å². The van der Waals surface area contributed by atoms with Gasteiger partial charge in [-0.25, -0.2) is 17.2 Å². The molecule has 1 aliphatic heterocycles. The summed E-state index contributed by atoms with van der Waals surface area (Å²) in [4.78, 5) is 11.7. The number of nitro groups is 1. The fourth-order valence-corrected chi connectivity index (χ4v) is 4.47. The molecule has 1 heterocycles. The highest BCUT2D eigenvalue weighted by atomic mass is 32.2. The molecule has 0 radical (unpaired) electrons. The van der Waals surface area contributed by atoms with Crippen LogP contribution < -0.4 is 4.90 Å². The van der Waals surface area contributed by atoms with Crippen LogP contribution >= 0.6 is 0 Å². The lowest BCUT2D eigenvalue weighted by atomic mass is 10.2. The van der Waals surface area contributed by atoms with E-state index in [0.717, 1.165) is 18.2 Å². The molecule has 0 amide bonds. The first-order valence-corrected chi connectivity index (χ1v) is 9.67. The van der Waals surface area contributed by atoms with Crippen molar-refractivity contribution in [3.63, 3.8) is 0 Å². The normalized spacial score (nSPS) is 16.1. The van der Waals surface area contributed by atoms with Crippen LogP contribution in [-0.4, -0.2) is 43.8 Å². The average Bonchev–Trinajstić information content (AvgIpc) is 2.88. The molecular formula is C17H17F2N3O4S. The maximum Gasteiger partial charge on any atom is 0.272 e. The molecule has 2 aromatic carbocycles. The van der Waals surface area contributed by atoms with Crippen LogP contribution in [0.25, 0.3) is 0 Å². The Labute approximate surface area is 155 Å². The van der Waals surface area contributed by atoms with Gasteiger partial charge in [0.2, 0.25) is 10.0 Å². The van der Waals surface area contributed by atoms with Crippen molar-refractivity contribution >= 4 is 21.4 Å². The molecule has 0 atom stereocenters. The van der Waals surface area contributed by atoms with E-state index in [2.05, 4.69) is 0 Å². The number of non-ortho nitro benzene ring substituents is 1. The molecule has 0 unspecified atom stereocenters. The van der Waals surface area contributed by atoms with Crippen LogP contribution in [0.5, 0.6) is 0 Å². The number of hydrogen-bond donors (Lipinski definition) is 0. The van der Waals surface area contributed by atoms with Gasteiger partial charge in [-0.3, -0.25) is 10.1 Å². The third kappa shape index (κ3) is 4.06. The molecule has 7 nitrogen and oxygen atoms in total. The Bertz CT molecular complexity index is 951. The third-order valence-corrected chi connectivity index (χ3v) is 6.30. The van der Waals surface area contributed by atoms with Crippen molar-refractivity contribution in [2.24, 2.45) is 0 Å². The van der Waals surface area contributed by atoms with Crippen LogP contribution in [0.4, 0.5) is 20.2 Å². The van der Waals surface area contributed by atoms with Crippen molar-refractivity contribution < 1.29 is 22.1 Å². The number of halogens is 2. The summed E-state index contributed by atoms with van der Waals surface area (Å²) < 4.78 is 54.0. The maximum atomic E-state index is 14.2. The lowest BCUT2D eigenvalue weighted by molar-refractivity contribution is -0.385.